The number of amides is 1. The maximum Gasteiger partial charge on any atom is 0.292 e. The van der Waals surface area contributed by atoms with E-state index in [1.54, 1.807) is 36.4 Å². The lowest BCUT2D eigenvalue weighted by molar-refractivity contribution is -0.384. The number of hydrogen-bond acceptors (Lipinski definition) is 6. The summed E-state index contributed by atoms with van der Waals surface area (Å²) in [7, 11) is 2.96. The van der Waals surface area contributed by atoms with Crippen LogP contribution in [0, 0.1) is 10.1 Å². The summed E-state index contributed by atoms with van der Waals surface area (Å²) in [5.74, 6) is 0.502. The van der Waals surface area contributed by atoms with Crippen LogP contribution in [0.5, 0.6) is 11.5 Å². The fraction of sp³-hybridized carbons (Fsp3) is 0.235. The van der Waals surface area contributed by atoms with Gasteiger partial charge in [-0.25, -0.2) is 0 Å². The van der Waals surface area contributed by atoms with Gasteiger partial charge in [0.15, 0.2) is 11.5 Å². The van der Waals surface area contributed by atoms with Crippen molar-refractivity contribution >= 4 is 17.3 Å². The minimum atomic E-state index is -0.456. The summed E-state index contributed by atoms with van der Waals surface area (Å²) in [5, 5.41) is 16.6. The van der Waals surface area contributed by atoms with Crippen LogP contribution in [0.1, 0.15) is 10.4 Å². The predicted octanol–water partition coefficient (Wildman–Crippen LogP) is 2.45. The summed E-state index contributed by atoms with van der Waals surface area (Å²) in [6.45, 7) is 0.619. The van der Waals surface area contributed by atoms with E-state index in [1.165, 1.54) is 20.3 Å². The lowest BCUT2D eigenvalue weighted by atomic mass is 10.1. The molecule has 0 aliphatic rings. The first kappa shape index (κ1) is 18.1. The van der Waals surface area contributed by atoms with Crippen molar-refractivity contribution in [3.63, 3.8) is 0 Å². The van der Waals surface area contributed by atoms with E-state index in [2.05, 4.69) is 10.6 Å². The molecule has 132 valence electrons. The first-order valence-electron chi connectivity index (χ1n) is 7.55. The van der Waals surface area contributed by atoms with Gasteiger partial charge in [0.05, 0.1) is 24.7 Å². The Morgan fingerprint density at radius 1 is 1.08 bits per heavy atom. The number of benzene rings is 2. The molecule has 2 N–H and O–H groups in total. The summed E-state index contributed by atoms with van der Waals surface area (Å²) in [6.07, 6.45) is 0. The van der Waals surface area contributed by atoms with Gasteiger partial charge in [-0.1, -0.05) is 18.2 Å². The molecule has 2 rings (SSSR count). The number of nitrogens with one attached hydrogen (secondary N) is 2. The molecule has 0 saturated heterocycles. The zero-order chi connectivity index (χ0) is 18.2. The van der Waals surface area contributed by atoms with Gasteiger partial charge in [0, 0.05) is 19.2 Å². The van der Waals surface area contributed by atoms with Gasteiger partial charge in [-0.3, -0.25) is 14.9 Å². The van der Waals surface area contributed by atoms with Crippen LogP contribution in [0.25, 0.3) is 0 Å². The summed E-state index contributed by atoms with van der Waals surface area (Å²) in [4.78, 5) is 22.8. The minimum absolute atomic E-state index is 0.0108. The molecule has 0 spiro atoms. The average Bonchev–Trinajstić information content (AvgIpc) is 2.64. The van der Waals surface area contributed by atoms with Crippen LogP contribution in [0.3, 0.4) is 0 Å². The number of carbonyl (C=O) groups excluding carboxylic acids is 1. The number of rotatable bonds is 8. The molecule has 0 atom stereocenters. The molecule has 0 aromatic heterocycles. The monoisotopic (exact) mass is 345 g/mol. The lowest BCUT2D eigenvalue weighted by Gasteiger charge is -2.13. The molecule has 0 aliphatic carbocycles. The standard InChI is InChI=1S/C17H19N3O5/c1-24-15-9-5-6-12(16(15)25-2)17(21)19-11-10-18-13-7-3-4-8-14(13)20(22)23/h3-9,18H,10-11H2,1-2H3,(H,19,21). The highest BCUT2D eigenvalue weighted by molar-refractivity contribution is 5.97. The number of nitrogens with zero attached hydrogens (tertiary/aromatic N) is 1. The molecule has 0 bridgehead atoms. The summed E-state index contributed by atoms with van der Waals surface area (Å²) in [6, 6.07) is 11.4. The first-order chi connectivity index (χ1) is 12.1. The van der Waals surface area contributed by atoms with Crippen molar-refractivity contribution < 1.29 is 19.2 Å². The van der Waals surface area contributed by atoms with Crippen LogP contribution in [0.4, 0.5) is 11.4 Å². The Labute approximate surface area is 144 Å². The molecule has 2 aromatic rings. The van der Waals surface area contributed by atoms with Crippen LogP contribution < -0.4 is 20.1 Å². The molecule has 25 heavy (non-hydrogen) atoms. The van der Waals surface area contributed by atoms with Crippen LogP contribution in [0.2, 0.25) is 0 Å². The number of methoxy groups -OCH3 is 2. The van der Waals surface area contributed by atoms with Crippen molar-refractivity contribution in [2.24, 2.45) is 0 Å². The van der Waals surface area contributed by atoms with Crippen molar-refractivity contribution in [1.82, 2.24) is 5.32 Å². The quantitative estimate of drug-likeness (QED) is 0.433. The number of ether oxygens (including phenoxy) is 2. The summed E-state index contributed by atoms with van der Waals surface area (Å²) < 4.78 is 10.4. The Bertz CT molecular complexity index is 764. The van der Waals surface area contributed by atoms with Crippen molar-refractivity contribution in [1.29, 1.82) is 0 Å². The third-order valence-electron chi connectivity index (χ3n) is 3.47. The first-order valence-corrected chi connectivity index (χ1v) is 7.55. The molecule has 0 radical (unpaired) electrons. The molecule has 0 aliphatic heterocycles. The van der Waals surface area contributed by atoms with Crippen LogP contribution in [-0.2, 0) is 0 Å². The second-order valence-electron chi connectivity index (χ2n) is 5.00. The molecule has 2 aromatic carbocycles. The molecule has 1 amide bonds. The van der Waals surface area contributed by atoms with E-state index < -0.39 is 4.92 Å². The minimum Gasteiger partial charge on any atom is -0.493 e. The van der Waals surface area contributed by atoms with E-state index in [0.717, 1.165) is 0 Å². The van der Waals surface area contributed by atoms with Gasteiger partial charge in [0.25, 0.3) is 11.6 Å². The van der Waals surface area contributed by atoms with Crippen molar-refractivity contribution in [3.05, 3.63) is 58.1 Å². The molecule has 0 unspecified atom stereocenters. The van der Waals surface area contributed by atoms with Gasteiger partial charge in [-0.15, -0.1) is 0 Å². The highest BCUT2D eigenvalue weighted by Crippen LogP contribution is 2.30. The summed E-state index contributed by atoms with van der Waals surface area (Å²) in [5.41, 5.74) is 0.747. The Morgan fingerprint density at radius 2 is 1.84 bits per heavy atom. The predicted molar refractivity (Wildman–Crippen MR) is 93.5 cm³/mol. The smallest absolute Gasteiger partial charge is 0.292 e. The third-order valence-corrected chi connectivity index (χ3v) is 3.47. The average molecular weight is 345 g/mol. The molecule has 8 nitrogen and oxygen atoms in total. The van der Waals surface area contributed by atoms with E-state index in [1.807, 2.05) is 0 Å². The maximum atomic E-state index is 12.3. The van der Waals surface area contributed by atoms with E-state index >= 15 is 0 Å². The van der Waals surface area contributed by atoms with Gasteiger partial charge in [0.2, 0.25) is 0 Å². The normalized spacial score (nSPS) is 10.0. The number of nitro groups is 1. The number of carbonyl (C=O) groups is 1. The number of anilines is 1. The van der Waals surface area contributed by atoms with Gasteiger partial charge in [-0.2, -0.15) is 0 Å². The molecular formula is C17H19N3O5. The Balaban J connectivity index is 1.95. The summed E-state index contributed by atoms with van der Waals surface area (Å²) >= 11 is 0. The third kappa shape index (κ3) is 4.37. The van der Waals surface area contributed by atoms with E-state index in [9.17, 15) is 14.9 Å². The molecule has 0 saturated carbocycles. The van der Waals surface area contributed by atoms with Gasteiger partial charge >= 0.3 is 0 Å². The fourth-order valence-corrected chi connectivity index (χ4v) is 2.32. The molecule has 0 heterocycles. The Morgan fingerprint density at radius 3 is 2.52 bits per heavy atom. The van der Waals surface area contributed by atoms with E-state index in [4.69, 9.17) is 9.47 Å². The number of hydrogen-bond donors (Lipinski definition) is 2. The van der Waals surface area contributed by atoms with Crippen molar-refractivity contribution in [2.45, 2.75) is 0 Å². The Kier molecular flexibility index (Phi) is 6.16. The van der Waals surface area contributed by atoms with Crippen LogP contribution >= 0.6 is 0 Å². The zero-order valence-electron chi connectivity index (χ0n) is 13.9. The van der Waals surface area contributed by atoms with Gasteiger partial charge in [-0.05, 0) is 18.2 Å². The maximum absolute atomic E-state index is 12.3. The topological polar surface area (TPSA) is 103 Å². The second-order valence-corrected chi connectivity index (χ2v) is 5.00. The Hall–Kier alpha value is -3.29. The van der Waals surface area contributed by atoms with Gasteiger partial charge < -0.3 is 20.1 Å². The lowest BCUT2D eigenvalue weighted by Crippen LogP contribution is -2.29. The van der Waals surface area contributed by atoms with Crippen LogP contribution in [0.15, 0.2) is 42.5 Å². The van der Waals surface area contributed by atoms with Gasteiger partial charge in [0.1, 0.15) is 5.69 Å². The van der Waals surface area contributed by atoms with Crippen LogP contribution in [-0.4, -0.2) is 38.1 Å². The zero-order valence-corrected chi connectivity index (χ0v) is 13.9. The van der Waals surface area contributed by atoms with E-state index in [0.29, 0.717) is 29.3 Å². The highest BCUT2D eigenvalue weighted by atomic mass is 16.6. The molecule has 8 heteroatoms. The van der Waals surface area contributed by atoms with Crippen molar-refractivity contribution in [3.8, 4) is 11.5 Å². The highest BCUT2D eigenvalue weighted by Gasteiger charge is 2.16. The SMILES string of the molecule is COc1cccc(C(=O)NCCNc2ccccc2[N+](=O)[O-])c1OC. The molecular weight excluding hydrogens is 326 g/mol. The number of nitro benzene ring substituents is 1. The number of para-hydroxylation sites is 3. The van der Waals surface area contributed by atoms with Crippen molar-refractivity contribution in [2.75, 3.05) is 32.6 Å². The largest absolute Gasteiger partial charge is 0.493 e. The fourth-order valence-electron chi connectivity index (χ4n) is 2.32. The van der Waals surface area contributed by atoms with E-state index in [-0.39, 0.29) is 18.1 Å². The second kappa shape index (κ2) is 8.53. The molecule has 0 fully saturated rings.